The second-order valence-electron chi connectivity index (χ2n) is 7.59. The number of morpholine rings is 1. The van der Waals surface area contributed by atoms with Gasteiger partial charge in [-0.05, 0) is 43.0 Å². The molecule has 1 aliphatic heterocycles. The molecule has 5 rings (SSSR count). The van der Waals surface area contributed by atoms with Gasteiger partial charge in [-0.25, -0.2) is 4.98 Å². The molecule has 0 N–H and O–H groups in total. The number of hydrogen-bond acceptors (Lipinski definition) is 4. The van der Waals surface area contributed by atoms with E-state index in [1.54, 1.807) is 7.11 Å². The number of fused-ring (bicyclic) bond motifs is 1. The maximum absolute atomic E-state index is 6.11. The van der Waals surface area contributed by atoms with Crippen LogP contribution in [0.4, 0.5) is 0 Å². The predicted octanol–water partition coefficient (Wildman–Crippen LogP) is 3.79. The molecule has 1 aliphatic carbocycles. The minimum atomic E-state index is 0.0445. The number of pyridine rings is 1. The lowest BCUT2D eigenvalue weighted by atomic mass is 10.1. The average Bonchev–Trinajstić information content (AvgIpc) is 3.42. The molecule has 3 aromatic rings. The molecule has 2 fully saturated rings. The summed E-state index contributed by atoms with van der Waals surface area (Å²) in [7, 11) is 1.70. The summed E-state index contributed by atoms with van der Waals surface area (Å²) in [6.07, 6.45) is 4.74. The molecule has 27 heavy (non-hydrogen) atoms. The van der Waals surface area contributed by atoms with Gasteiger partial charge in [0, 0.05) is 25.2 Å². The maximum Gasteiger partial charge on any atom is 0.119 e. The van der Waals surface area contributed by atoms with Gasteiger partial charge in [-0.2, -0.15) is 0 Å². The first-order valence-corrected chi connectivity index (χ1v) is 9.76. The van der Waals surface area contributed by atoms with E-state index in [4.69, 9.17) is 14.5 Å². The largest absolute Gasteiger partial charge is 0.497 e. The van der Waals surface area contributed by atoms with Crippen molar-refractivity contribution in [1.29, 1.82) is 0 Å². The van der Waals surface area contributed by atoms with Crippen LogP contribution in [-0.2, 0) is 4.74 Å². The molecular formula is C22H25N3O2. The van der Waals surface area contributed by atoms with E-state index < -0.39 is 0 Å². The number of hydrogen-bond donors (Lipinski definition) is 0. The minimum absolute atomic E-state index is 0.0445. The third-order valence-corrected chi connectivity index (χ3v) is 5.64. The third-order valence-electron chi connectivity index (χ3n) is 5.64. The molecule has 1 unspecified atom stereocenters. The van der Waals surface area contributed by atoms with Crippen molar-refractivity contribution in [3.63, 3.8) is 0 Å². The Morgan fingerprint density at radius 3 is 2.93 bits per heavy atom. The van der Waals surface area contributed by atoms with Crippen LogP contribution in [0.2, 0.25) is 0 Å². The standard InChI is InChI=1S/C22H25N3O2/c1-26-18-5-2-4-17(12-18)19-6-3-7-20-22(23-15-25(19)20)21-14-24(10-11-27-21)13-16-8-9-16/h2-7,12,15-16,21H,8-11,13-14H2,1H3. The number of aromatic nitrogens is 2. The Morgan fingerprint density at radius 1 is 1.19 bits per heavy atom. The summed E-state index contributed by atoms with van der Waals surface area (Å²) in [5.41, 5.74) is 4.38. The number of imidazole rings is 1. The summed E-state index contributed by atoms with van der Waals surface area (Å²) in [4.78, 5) is 7.30. The number of benzene rings is 1. The summed E-state index contributed by atoms with van der Waals surface area (Å²) < 4.78 is 13.7. The van der Waals surface area contributed by atoms with Crippen LogP contribution in [-0.4, -0.2) is 47.6 Å². The highest BCUT2D eigenvalue weighted by Gasteiger charge is 2.30. The average molecular weight is 363 g/mol. The van der Waals surface area contributed by atoms with Crippen LogP contribution in [0.5, 0.6) is 5.75 Å². The zero-order valence-electron chi connectivity index (χ0n) is 15.7. The smallest absolute Gasteiger partial charge is 0.119 e. The molecule has 1 atom stereocenters. The van der Waals surface area contributed by atoms with Gasteiger partial charge in [0.1, 0.15) is 18.2 Å². The Hall–Kier alpha value is -2.37. The van der Waals surface area contributed by atoms with Gasteiger partial charge in [-0.3, -0.25) is 9.30 Å². The molecule has 2 aromatic heterocycles. The monoisotopic (exact) mass is 363 g/mol. The summed E-state index contributed by atoms with van der Waals surface area (Å²) >= 11 is 0. The van der Waals surface area contributed by atoms with Crippen molar-refractivity contribution in [2.75, 3.05) is 33.4 Å². The molecule has 1 saturated carbocycles. The highest BCUT2D eigenvalue weighted by molar-refractivity contribution is 5.67. The highest BCUT2D eigenvalue weighted by atomic mass is 16.5. The van der Waals surface area contributed by atoms with E-state index in [1.807, 2.05) is 18.5 Å². The Balaban J connectivity index is 1.48. The van der Waals surface area contributed by atoms with Gasteiger partial charge >= 0.3 is 0 Å². The summed E-state index contributed by atoms with van der Waals surface area (Å²) in [6.45, 7) is 3.97. The van der Waals surface area contributed by atoms with Crippen molar-refractivity contribution < 1.29 is 9.47 Å². The highest BCUT2D eigenvalue weighted by Crippen LogP contribution is 2.33. The van der Waals surface area contributed by atoms with Crippen LogP contribution >= 0.6 is 0 Å². The fourth-order valence-electron chi connectivity index (χ4n) is 4.01. The first kappa shape index (κ1) is 16.8. The maximum atomic E-state index is 6.11. The molecule has 140 valence electrons. The van der Waals surface area contributed by atoms with Crippen LogP contribution in [0.25, 0.3) is 16.8 Å². The van der Waals surface area contributed by atoms with Gasteiger partial charge in [0.05, 0.1) is 30.6 Å². The number of ether oxygens (including phenoxy) is 2. The molecule has 1 aromatic carbocycles. The summed E-state index contributed by atoms with van der Waals surface area (Å²) in [5.74, 6) is 1.76. The normalized spacial score (nSPS) is 20.9. The fraction of sp³-hybridized carbons (Fsp3) is 0.409. The van der Waals surface area contributed by atoms with Crippen molar-refractivity contribution in [3.8, 4) is 17.0 Å². The van der Waals surface area contributed by atoms with Crippen LogP contribution in [0.3, 0.4) is 0 Å². The van der Waals surface area contributed by atoms with Crippen molar-refractivity contribution in [3.05, 3.63) is 54.5 Å². The van der Waals surface area contributed by atoms with E-state index >= 15 is 0 Å². The fourth-order valence-corrected chi connectivity index (χ4v) is 4.01. The van der Waals surface area contributed by atoms with E-state index in [9.17, 15) is 0 Å². The van der Waals surface area contributed by atoms with Crippen molar-refractivity contribution in [2.24, 2.45) is 5.92 Å². The molecule has 0 bridgehead atoms. The van der Waals surface area contributed by atoms with E-state index in [1.165, 1.54) is 19.4 Å². The van der Waals surface area contributed by atoms with Gasteiger partial charge in [-0.1, -0.05) is 18.2 Å². The van der Waals surface area contributed by atoms with Gasteiger partial charge in [0.15, 0.2) is 0 Å². The Kier molecular flexibility index (Phi) is 4.34. The second-order valence-corrected chi connectivity index (χ2v) is 7.59. The van der Waals surface area contributed by atoms with Crippen molar-refractivity contribution in [2.45, 2.75) is 18.9 Å². The van der Waals surface area contributed by atoms with Crippen molar-refractivity contribution in [1.82, 2.24) is 14.3 Å². The zero-order chi connectivity index (χ0) is 18.2. The lowest BCUT2D eigenvalue weighted by Gasteiger charge is -2.32. The van der Waals surface area contributed by atoms with Gasteiger partial charge in [0.2, 0.25) is 0 Å². The second kappa shape index (κ2) is 6.98. The van der Waals surface area contributed by atoms with Gasteiger partial charge in [-0.15, -0.1) is 0 Å². The SMILES string of the molecule is COc1cccc(-c2cccc3c(C4CN(CC5CC5)CCO4)ncn23)c1. The summed E-state index contributed by atoms with van der Waals surface area (Å²) in [5, 5.41) is 0. The van der Waals surface area contributed by atoms with E-state index in [0.717, 1.165) is 53.8 Å². The first-order valence-electron chi connectivity index (χ1n) is 9.76. The summed E-state index contributed by atoms with van der Waals surface area (Å²) in [6, 6.07) is 14.5. The number of rotatable bonds is 5. The molecule has 3 heterocycles. The Morgan fingerprint density at radius 2 is 2.07 bits per heavy atom. The molecule has 5 heteroatoms. The van der Waals surface area contributed by atoms with E-state index in [0.29, 0.717) is 0 Å². The topological polar surface area (TPSA) is 39.0 Å². The molecule has 1 saturated heterocycles. The van der Waals surface area contributed by atoms with Crippen LogP contribution < -0.4 is 4.74 Å². The zero-order valence-corrected chi connectivity index (χ0v) is 15.7. The molecule has 2 aliphatic rings. The van der Waals surface area contributed by atoms with E-state index in [2.05, 4.69) is 39.6 Å². The lowest BCUT2D eigenvalue weighted by molar-refractivity contribution is -0.0325. The predicted molar refractivity (Wildman–Crippen MR) is 105 cm³/mol. The Bertz CT molecular complexity index is 948. The van der Waals surface area contributed by atoms with Crippen molar-refractivity contribution >= 4 is 5.52 Å². The van der Waals surface area contributed by atoms with Gasteiger partial charge < -0.3 is 9.47 Å². The number of nitrogens with zero attached hydrogens (tertiary/aromatic N) is 3. The Labute approximate surface area is 159 Å². The van der Waals surface area contributed by atoms with Gasteiger partial charge in [0.25, 0.3) is 0 Å². The molecule has 5 nitrogen and oxygen atoms in total. The van der Waals surface area contributed by atoms with E-state index in [-0.39, 0.29) is 6.10 Å². The third kappa shape index (κ3) is 3.33. The number of methoxy groups -OCH3 is 1. The quantitative estimate of drug-likeness (QED) is 0.691. The molecule has 0 radical (unpaired) electrons. The molecule has 0 spiro atoms. The first-order chi connectivity index (χ1) is 13.3. The molecular weight excluding hydrogens is 338 g/mol. The van der Waals surface area contributed by atoms with Crippen LogP contribution in [0, 0.1) is 5.92 Å². The molecule has 0 amide bonds. The van der Waals surface area contributed by atoms with Crippen LogP contribution in [0.15, 0.2) is 48.8 Å². The lowest BCUT2D eigenvalue weighted by Crippen LogP contribution is -2.39. The van der Waals surface area contributed by atoms with Crippen LogP contribution in [0.1, 0.15) is 24.6 Å². The minimum Gasteiger partial charge on any atom is -0.497 e.